The van der Waals surface area contributed by atoms with Crippen molar-refractivity contribution in [2.45, 2.75) is 71.6 Å². The Morgan fingerprint density at radius 1 is 1.22 bits per heavy atom. The molecule has 23 heavy (non-hydrogen) atoms. The SMILES string of the molecule is CCC1CCCN(C(=O)NCC(C)(C)N2CC(C)OC(C)C2)C1. The van der Waals surface area contributed by atoms with E-state index in [0.717, 1.165) is 32.6 Å². The molecule has 0 aromatic carbocycles. The third kappa shape index (κ3) is 5.08. The van der Waals surface area contributed by atoms with Crippen LogP contribution in [0, 0.1) is 5.92 Å². The summed E-state index contributed by atoms with van der Waals surface area (Å²) in [6.45, 7) is 15.2. The van der Waals surface area contributed by atoms with Crippen molar-refractivity contribution in [1.29, 1.82) is 0 Å². The Balaban J connectivity index is 1.84. The molecule has 3 atom stereocenters. The summed E-state index contributed by atoms with van der Waals surface area (Å²) in [6.07, 6.45) is 4.06. The zero-order valence-electron chi connectivity index (χ0n) is 15.6. The van der Waals surface area contributed by atoms with Crippen LogP contribution >= 0.6 is 0 Å². The number of carbonyl (C=O) groups excluding carboxylic acids is 1. The fraction of sp³-hybridized carbons (Fsp3) is 0.944. The van der Waals surface area contributed by atoms with E-state index in [9.17, 15) is 4.79 Å². The first-order chi connectivity index (χ1) is 10.8. The molecule has 2 heterocycles. The Labute approximate surface area is 141 Å². The van der Waals surface area contributed by atoms with Gasteiger partial charge in [0.05, 0.1) is 12.2 Å². The minimum absolute atomic E-state index is 0.0537. The van der Waals surface area contributed by atoms with Gasteiger partial charge in [-0.1, -0.05) is 13.3 Å². The zero-order valence-corrected chi connectivity index (χ0v) is 15.6. The minimum atomic E-state index is -0.0537. The second-order valence-electron chi connectivity index (χ2n) is 8.00. The van der Waals surface area contributed by atoms with E-state index in [4.69, 9.17) is 4.74 Å². The lowest BCUT2D eigenvalue weighted by molar-refractivity contribution is -0.0948. The van der Waals surface area contributed by atoms with Crippen molar-refractivity contribution < 1.29 is 9.53 Å². The van der Waals surface area contributed by atoms with Gasteiger partial charge in [0.25, 0.3) is 0 Å². The van der Waals surface area contributed by atoms with Gasteiger partial charge in [-0.15, -0.1) is 0 Å². The number of carbonyl (C=O) groups is 1. The standard InChI is InChI=1S/C18H35N3O2/c1-6-16-8-7-9-20(12-16)17(22)19-13-18(4,5)21-10-14(2)23-15(3)11-21/h14-16H,6-13H2,1-5H3,(H,19,22). The maximum atomic E-state index is 12.5. The van der Waals surface area contributed by atoms with Gasteiger partial charge < -0.3 is 15.0 Å². The largest absolute Gasteiger partial charge is 0.373 e. The van der Waals surface area contributed by atoms with Gasteiger partial charge >= 0.3 is 6.03 Å². The van der Waals surface area contributed by atoms with Crippen LogP contribution in [-0.4, -0.2) is 66.3 Å². The van der Waals surface area contributed by atoms with Gasteiger partial charge in [0, 0.05) is 38.3 Å². The van der Waals surface area contributed by atoms with Gasteiger partial charge in [-0.3, -0.25) is 4.90 Å². The number of piperidine rings is 1. The van der Waals surface area contributed by atoms with Crippen molar-refractivity contribution in [3.63, 3.8) is 0 Å². The van der Waals surface area contributed by atoms with E-state index in [0.29, 0.717) is 12.5 Å². The number of urea groups is 1. The van der Waals surface area contributed by atoms with Crippen molar-refractivity contribution in [3.8, 4) is 0 Å². The van der Waals surface area contributed by atoms with Crippen LogP contribution in [0.4, 0.5) is 4.79 Å². The molecule has 134 valence electrons. The molecule has 0 aromatic heterocycles. The molecule has 2 fully saturated rings. The second-order valence-corrected chi connectivity index (χ2v) is 8.00. The lowest BCUT2D eigenvalue weighted by Crippen LogP contribution is -2.59. The van der Waals surface area contributed by atoms with E-state index < -0.39 is 0 Å². The molecular weight excluding hydrogens is 290 g/mol. The fourth-order valence-corrected chi connectivity index (χ4v) is 3.77. The molecule has 2 aliphatic heterocycles. The van der Waals surface area contributed by atoms with Gasteiger partial charge in [0.1, 0.15) is 0 Å². The number of morpholine rings is 1. The summed E-state index contributed by atoms with van der Waals surface area (Å²) < 4.78 is 5.82. The van der Waals surface area contributed by atoms with Crippen LogP contribution in [0.3, 0.4) is 0 Å². The lowest BCUT2D eigenvalue weighted by atomic mass is 9.96. The quantitative estimate of drug-likeness (QED) is 0.864. The molecule has 3 unspecified atom stereocenters. The number of rotatable bonds is 4. The van der Waals surface area contributed by atoms with E-state index in [1.807, 2.05) is 4.90 Å². The number of hydrogen-bond acceptors (Lipinski definition) is 3. The second kappa shape index (κ2) is 7.84. The molecule has 2 aliphatic rings. The molecule has 5 nitrogen and oxygen atoms in total. The molecule has 1 N–H and O–H groups in total. The molecule has 5 heteroatoms. The maximum Gasteiger partial charge on any atom is 0.317 e. The van der Waals surface area contributed by atoms with E-state index in [1.165, 1.54) is 12.8 Å². The number of nitrogens with zero attached hydrogens (tertiary/aromatic N) is 2. The van der Waals surface area contributed by atoms with Crippen LogP contribution in [0.25, 0.3) is 0 Å². The van der Waals surface area contributed by atoms with Gasteiger partial charge in [-0.05, 0) is 46.5 Å². The lowest BCUT2D eigenvalue weighted by Gasteiger charge is -2.45. The van der Waals surface area contributed by atoms with Gasteiger partial charge in [-0.2, -0.15) is 0 Å². The third-order valence-electron chi connectivity index (χ3n) is 5.33. The van der Waals surface area contributed by atoms with E-state index in [-0.39, 0.29) is 23.8 Å². The Morgan fingerprint density at radius 2 is 1.87 bits per heavy atom. The topological polar surface area (TPSA) is 44.8 Å². The summed E-state index contributed by atoms with van der Waals surface area (Å²) in [5.41, 5.74) is -0.0537. The van der Waals surface area contributed by atoms with Crippen molar-refractivity contribution >= 4 is 6.03 Å². The summed E-state index contributed by atoms with van der Waals surface area (Å²) >= 11 is 0. The van der Waals surface area contributed by atoms with Crippen LogP contribution in [-0.2, 0) is 4.74 Å². The first kappa shape index (κ1) is 18.5. The highest BCUT2D eigenvalue weighted by Crippen LogP contribution is 2.22. The summed E-state index contributed by atoms with van der Waals surface area (Å²) in [5.74, 6) is 0.670. The third-order valence-corrected chi connectivity index (χ3v) is 5.33. The predicted molar refractivity (Wildman–Crippen MR) is 93.6 cm³/mol. The van der Waals surface area contributed by atoms with Gasteiger partial charge in [-0.25, -0.2) is 4.79 Å². The van der Waals surface area contributed by atoms with Crippen molar-refractivity contribution in [3.05, 3.63) is 0 Å². The number of likely N-dealkylation sites (tertiary alicyclic amines) is 1. The Morgan fingerprint density at radius 3 is 2.48 bits per heavy atom. The number of amides is 2. The highest BCUT2D eigenvalue weighted by atomic mass is 16.5. The fourth-order valence-electron chi connectivity index (χ4n) is 3.77. The van der Waals surface area contributed by atoms with E-state index >= 15 is 0 Å². The molecule has 0 saturated carbocycles. The maximum absolute atomic E-state index is 12.5. The van der Waals surface area contributed by atoms with Crippen molar-refractivity contribution in [1.82, 2.24) is 15.1 Å². The first-order valence-electron chi connectivity index (χ1n) is 9.25. The van der Waals surface area contributed by atoms with Crippen molar-refractivity contribution in [2.75, 3.05) is 32.7 Å². The monoisotopic (exact) mass is 325 g/mol. The average Bonchev–Trinajstić information content (AvgIpc) is 2.52. The molecule has 0 radical (unpaired) electrons. The summed E-state index contributed by atoms with van der Waals surface area (Å²) in [4.78, 5) is 16.9. The molecule has 0 aliphatic carbocycles. The normalized spacial score (nSPS) is 30.3. The molecule has 0 bridgehead atoms. The Bertz CT molecular complexity index is 390. The van der Waals surface area contributed by atoms with Crippen LogP contribution in [0.2, 0.25) is 0 Å². The Kier molecular flexibility index (Phi) is 6.32. The number of hydrogen-bond donors (Lipinski definition) is 1. The molecule has 0 spiro atoms. The first-order valence-corrected chi connectivity index (χ1v) is 9.25. The minimum Gasteiger partial charge on any atom is -0.373 e. The van der Waals surface area contributed by atoms with Crippen LogP contribution < -0.4 is 5.32 Å². The molecular formula is C18H35N3O2. The molecule has 0 aromatic rings. The highest BCUT2D eigenvalue weighted by molar-refractivity contribution is 5.74. The predicted octanol–water partition coefficient (Wildman–Crippen LogP) is 2.71. The zero-order chi connectivity index (χ0) is 17.0. The molecule has 2 saturated heterocycles. The molecule has 2 rings (SSSR count). The Hall–Kier alpha value is -0.810. The number of ether oxygens (including phenoxy) is 1. The van der Waals surface area contributed by atoms with E-state index in [1.54, 1.807) is 0 Å². The summed E-state index contributed by atoms with van der Waals surface area (Å²) in [5, 5.41) is 3.17. The van der Waals surface area contributed by atoms with Gasteiger partial charge in [0.15, 0.2) is 0 Å². The number of nitrogens with one attached hydrogen (secondary N) is 1. The molecule has 2 amide bonds. The highest BCUT2D eigenvalue weighted by Gasteiger charge is 2.34. The van der Waals surface area contributed by atoms with Gasteiger partial charge in [0.2, 0.25) is 0 Å². The van der Waals surface area contributed by atoms with Crippen LogP contribution in [0.5, 0.6) is 0 Å². The van der Waals surface area contributed by atoms with E-state index in [2.05, 4.69) is 44.8 Å². The van der Waals surface area contributed by atoms with Crippen LogP contribution in [0.1, 0.15) is 53.9 Å². The van der Waals surface area contributed by atoms with Crippen LogP contribution in [0.15, 0.2) is 0 Å². The summed E-state index contributed by atoms with van der Waals surface area (Å²) in [7, 11) is 0. The summed E-state index contributed by atoms with van der Waals surface area (Å²) in [6, 6.07) is 0.102. The smallest absolute Gasteiger partial charge is 0.317 e. The average molecular weight is 325 g/mol. The van der Waals surface area contributed by atoms with Crippen molar-refractivity contribution in [2.24, 2.45) is 5.92 Å².